The number of aromatic carboxylic acids is 1. The highest BCUT2D eigenvalue weighted by Crippen LogP contribution is 2.06. The highest BCUT2D eigenvalue weighted by Gasteiger charge is 2.12. The van der Waals surface area contributed by atoms with E-state index in [1.807, 2.05) is 0 Å². The Kier molecular flexibility index (Phi) is 2.70. The summed E-state index contributed by atoms with van der Waals surface area (Å²) in [5.41, 5.74) is -1.03. The highest BCUT2D eigenvalue weighted by atomic mass is 19.1. The van der Waals surface area contributed by atoms with E-state index in [-0.39, 0.29) is 5.69 Å². The van der Waals surface area contributed by atoms with Crippen LogP contribution in [-0.4, -0.2) is 20.9 Å². The predicted molar refractivity (Wildman–Crippen MR) is 56.8 cm³/mol. The van der Waals surface area contributed by atoms with E-state index in [4.69, 9.17) is 5.11 Å². The normalized spacial score (nSPS) is 10.2. The van der Waals surface area contributed by atoms with Gasteiger partial charge >= 0.3 is 5.97 Å². The summed E-state index contributed by atoms with van der Waals surface area (Å²) in [6, 6.07) is 6.28. The van der Waals surface area contributed by atoms with Crippen LogP contribution in [0.4, 0.5) is 4.39 Å². The summed E-state index contributed by atoms with van der Waals surface area (Å²) >= 11 is 0. The van der Waals surface area contributed by atoms with Crippen molar-refractivity contribution in [3.05, 3.63) is 58.3 Å². The van der Waals surface area contributed by atoms with Crippen LogP contribution in [0.1, 0.15) is 10.4 Å². The van der Waals surface area contributed by atoms with Crippen molar-refractivity contribution in [1.82, 2.24) is 9.78 Å². The van der Waals surface area contributed by atoms with E-state index in [1.165, 1.54) is 24.4 Å². The minimum absolute atomic E-state index is 0.179. The summed E-state index contributed by atoms with van der Waals surface area (Å²) in [5, 5.41) is 12.5. The summed E-state index contributed by atoms with van der Waals surface area (Å²) in [6.45, 7) is 0. The maximum atomic E-state index is 13.0. The Morgan fingerprint density at radius 1 is 1.35 bits per heavy atom. The lowest BCUT2D eigenvalue weighted by atomic mass is 10.3. The molecule has 1 heterocycles. The molecule has 0 bridgehead atoms. The molecule has 0 atom stereocenters. The molecule has 0 saturated carbocycles. The van der Waals surface area contributed by atoms with Crippen molar-refractivity contribution >= 4 is 5.97 Å². The summed E-state index contributed by atoms with van der Waals surface area (Å²) in [6.07, 6.45) is 1.18. The number of benzene rings is 1. The summed E-state index contributed by atoms with van der Waals surface area (Å²) < 4.78 is 13.8. The highest BCUT2D eigenvalue weighted by molar-refractivity contribution is 5.86. The SMILES string of the molecule is O=C(O)c1ccnn(-c2cccc(F)c2)c1=O. The molecule has 0 aliphatic carbocycles. The molecule has 0 saturated heterocycles. The predicted octanol–water partition coefficient (Wildman–Crippen LogP) is 1.07. The van der Waals surface area contributed by atoms with Gasteiger partial charge in [0.15, 0.2) is 0 Å². The molecule has 0 radical (unpaired) electrons. The Bertz CT molecular complexity index is 637. The van der Waals surface area contributed by atoms with Gasteiger partial charge < -0.3 is 5.11 Å². The van der Waals surface area contributed by atoms with Gasteiger partial charge in [-0.2, -0.15) is 9.78 Å². The molecule has 0 fully saturated rings. The first-order valence-corrected chi connectivity index (χ1v) is 4.67. The molecule has 17 heavy (non-hydrogen) atoms. The first-order valence-electron chi connectivity index (χ1n) is 4.67. The maximum absolute atomic E-state index is 13.0. The molecule has 1 N–H and O–H groups in total. The fraction of sp³-hybridized carbons (Fsp3) is 0. The largest absolute Gasteiger partial charge is 0.477 e. The second kappa shape index (κ2) is 4.17. The number of nitrogens with zero attached hydrogens (tertiary/aromatic N) is 2. The van der Waals surface area contributed by atoms with Crippen molar-refractivity contribution < 1.29 is 14.3 Å². The van der Waals surface area contributed by atoms with Gasteiger partial charge in [-0.05, 0) is 24.3 Å². The van der Waals surface area contributed by atoms with Crippen molar-refractivity contribution in [1.29, 1.82) is 0 Å². The molecule has 5 nitrogen and oxygen atoms in total. The van der Waals surface area contributed by atoms with E-state index in [0.29, 0.717) is 0 Å². The lowest BCUT2D eigenvalue weighted by Crippen LogP contribution is -2.26. The van der Waals surface area contributed by atoms with Crippen LogP contribution < -0.4 is 5.56 Å². The fourth-order valence-electron chi connectivity index (χ4n) is 1.37. The Labute approximate surface area is 94.8 Å². The number of rotatable bonds is 2. The number of aromatic nitrogens is 2. The van der Waals surface area contributed by atoms with Crippen LogP contribution in [0.5, 0.6) is 0 Å². The number of carboxylic acid groups (broad SMARTS) is 1. The minimum atomic E-state index is -1.34. The van der Waals surface area contributed by atoms with Gasteiger partial charge in [-0.15, -0.1) is 0 Å². The molecule has 0 amide bonds. The monoisotopic (exact) mass is 234 g/mol. The zero-order valence-electron chi connectivity index (χ0n) is 8.50. The average molecular weight is 234 g/mol. The van der Waals surface area contributed by atoms with Crippen molar-refractivity contribution in [2.75, 3.05) is 0 Å². The third kappa shape index (κ3) is 2.05. The van der Waals surface area contributed by atoms with Crippen LogP contribution in [0.3, 0.4) is 0 Å². The molecular weight excluding hydrogens is 227 g/mol. The zero-order valence-corrected chi connectivity index (χ0v) is 8.50. The summed E-state index contributed by atoms with van der Waals surface area (Å²) in [7, 11) is 0. The van der Waals surface area contributed by atoms with Crippen molar-refractivity contribution in [2.45, 2.75) is 0 Å². The van der Waals surface area contributed by atoms with Crippen LogP contribution in [0, 0.1) is 5.82 Å². The van der Waals surface area contributed by atoms with Crippen LogP contribution in [0.15, 0.2) is 41.3 Å². The van der Waals surface area contributed by atoms with E-state index in [1.54, 1.807) is 0 Å². The van der Waals surface area contributed by atoms with Gasteiger partial charge in [0, 0.05) is 6.20 Å². The van der Waals surface area contributed by atoms with E-state index in [9.17, 15) is 14.0 Å². The van der Waals surface area contributed by atoms with Gasteiger partial charge in [0.05, 0.1) is 5.69 Å². The van der Waals surface area contributed by atoms with Crippen LogP contribution in [0.2, 0.25) is 0 Å². The second-order valence-corrected chi connectivity index (χ2v) is 3.25. The standard InChI is InChI=1S/C11H7FN2O3/c12-7-2-1-3-8(6-7)14-10(15)9(11(16)17)4-5-13-14/h1-6H,(H,16,17). The second-order valence-electron chi connectivity index (χ2n) is 3.25. The molecule has 0 unspecified atom stereocenters. The van der Waals surface area contributed by atoms with E-state index >= 15 is 0 Å². The topological polar surface area (TPSA) is 72.2 Å². The number of hydrogen-bond donors (Lipinski definition) is 1. The Hall–Kier alpha value is -2.50. The Balaban J connectivity index is 2.65. The van der Waals surface area contributed by atoms with E-state index in [2.05, 4.69) is 5.10 Å². The molecule has 86 valence electrons. The van der Waals surface area contributed by atoms with Crippen molar-refractivity contribution in [2.24, 2.45) is 0 Å². The molecule has 2 rings (SSSR count). The van der Waals surface area contributed by atoms with Gasteiger partial charge in [0.1, 0.15) is 11.4 Å². The molecular formula is C11H7FN2O3. The minimum Gasteiger partial charge on any atom is -0.477 e. The quantitative estimate of drug-likeness (QED) is 0.843. The van der Waals surface area contributed by atoms with Gasteiger partial charge in [-0.3, -0.25) is 4.79 Å². The van der Waals surface area contributed by atoms with Gasteiger partial charge in [-0.25, -0.2) is 9.18 Å². The van der Waals surface area contributed by atoms with Gasteiger partial charge in [-0.1, -0.05) is 6.07 Å². The summed E-state index contributed by atoms with van der Waals surface area (Å²) in [5.74, 6) is -1.88. The molecule has 6 heteroatoms. The first-order chi connectivity index (χ1) is 8.09. The van der Waals surface area contributed by atoms with E-state index < -0.39 is 22.9 Å². The van der Waals surface area contributed by atoms with Gasteiger partial charge in [0.2, 0.25) is 0 Å². The van der Waals surface area contributed by atoms with Gasteiger partial charge in [0.25, 0.3) is 5.56 Å². The molecule has 1 aromatic heterocycles. The number of carboxylic acids is 1. The summed E-state index contributed by atoms with van der Waals surface area (Å²) in [4.78, 5) is 22.5. The lowest BCUT2D eigenvalue weighted by molar-refractivity contribution is 0.0694. The molecule has 0 aliphatic rings. The third-order valence-electron chi connectivity index (χ3n) is 2.13. The first kappa shape index (κ1) is 11.0. The average Bonchev–Trinajstić information content (AvgIpc) is 2.29. The Morgan fingerprint density at radius 2 is 2.12 bits per heavy atom. The van der Waals surface area contributed by atoms with E-state index in [0.717, 1.165) is 16.8 Å². The zero-order chi connectivity index (χ0) is 12.4. The molecule has 1 aromatic carbocycles. The maximum Gasteiger partial charge on any atom is 0.341 e. The fourth-order valence-corrected chi connectivity index (χ4v) is 1.37. The number of carbonyl (C=O) groups is 1. The third-order valence-corrected chi connectivity index (χ3v) is 2.13. The van der Waals surface area contributed by atoms with Crippen LogP contribution in [-0.2, 0) is 0 Å². The smallest absolute Gasteiger partial charge is 0.341 e. The Morgan fingerprint density at radius 3 is 2.76 bits per heavy atom. The van der Waals surface area contributed by atoms with Crippen molar-refractivity contribution in [3.8, 4) is 5.69 Å². The number of halogens is 1. The number of hydrogen-bond acceptors (Lipinski definition) is 3. The molecule has 0 aliphatic heterocycles. The van der Waals surface area contributed by atoms with Crippen LogP contribution >= 0.6 is 0 Å². The lowest BCUT2D eigenvalue weighted by Gasteiger charge is -2.04. The molecule has 0 spiro atoms. The van der Waals surface area contributed by atoms with Crippen molar-refractivity contribution in [3.63, 3.8) is 0 Å². The van der Waals surface area contributed by atoms with Crippen LogP contribution in [0.25, 0.3) is 5.69 Å². The molecule has 2 aromatic rings.